The molecule has 1 atom stereocenters. The molecule has 5 heteroatoms. The zero-order valence-corrected chi connectivity index (χ0v) is 12.5. The van der Waals surface area contributed by atoms with Gasteiger partial charge < -0.3 is 9.84 Å². The minimum atomic E-state index is 0.615. The van der Waals surface area contributed by atoms with Gasteiger partial charge in [-0.3, -0.25) is 4.98 Å². The minimum Gasteiger partial charge on any atom is -0.339 e. The lowest BCUT2D eigenvalue weighted by atomic mass is 9.95. The van der Waals surface area contributed by atoms with Crippen molar-refractivity contribution in [1.82, 2.24) is 20.4 Å². The number of nitrogens with zero attached hydrogens (tertiary/aromatic N) is 3. The first kappa shape index (κ1) is 14.2. The van der Waals surface area contributed by atoms with E-state index in [0.717, 1.165) is 55.4 Å². The zero-order chi connectivity index (χ0) is 14.5. The molecule has 1 saturated heterocycles. The third-order valence-electron chi connectivity index (χ3n) is 4.12. The monoisotopic (exact) mass is 286 g/mol. The molecule has 2 aromatic rings. The fourth-order valence-corrected chi connectivity index (χ4v) is 2.88. The van der Waals surface area contributed by atoms with Crippen molar-refractivity contribution in [2.24, 2.45) is 5.92 Å². The molecule has 0 saturated carbocycles. The average Bonchev–Trinajstić information content (AvgIpc) is 3.02. The van der Waals surface area contributed by atoms with Crippen molar-refractivity contribution in [2.75, 3.05) is 13.1 Å². The molecular formula is C16H22N4O. The highest BCUT2D eigenvalue weighted by molar-refractivity contribution is 5.53. The summed E-state index contributed by atoms with van der Waals surface area (Å²) < 4.78 is 5.39. The number of aromatic nitrogens is 3. The van der Waals surface area contributed by atoms with Crippen LogP contribution in [-0.4, -0.2) is 28.2 Å². The van der Waals surface area contributed by atoms with Crippen molar-refractivity contribution in [3.8, 4) is 11.5 Å². The summed E-state index contributed by atoms with van der Waals surface area (Å²) in [5.74, 6) is 2.07. The Labute approximate surface area is 125 Å². The largest absolute Gasteiger partial charge is 0.339 e. The van der Waals surface area contributed by atoms with E-state index in [2.05, 4.69) is 33.4 Å². The molecule has 0 spiro atoms. The van der Waals surface area contributed by atoms with Crippen molar-refractivity contribution in [2.45, 2.75) is 39.0 Å². The summed E-state index contributed by atoms with van der Waals surface area (Å²) in [7, 11) is 0. The van der Waals surface area contributed by atoms with E-state index in [1.54, 1.807) is 6.20 Å². The van der Waals surface area contributed by atoms with Gasteiger partial charge in [-0.15, -0.1) is 0 Å². The molecule has 0 aromatic carbocycles. The van der Waals surface area contributed by atoms with Crippen LogP contribution in [0.2, 0.25) is 0 Å². The molecular weight excluding hydrogens is 264 g/mol. The number of hydrogen-bond acceptors (Lipinski definition) is 5. The highest BCUT2D eigenvalue weighted by atomic mass is 16.5. The van der Waals surface area contributed by atoms with Gasteiger partial charge in [-0.1, -0.05) is 18.1 Å². The van der Waals surface area contributed by atoms with Crippen LogP contribution in [0.1, 0.15) is 37.6 Å². The highest BCUT2D eigenvalue weighted by Crippen LogP contribution is 2.20. The lowest BCUT2D eigenvalue weighted by molar-refractivity contribution is 0.327. The van der Waals surface area contributed by atoms with Crippen molar-refractivity contribution in [3.05, 3.63) is 29.8 Å². The second-order valence-corrected chi connectivity index (χ2v) is 5.63. The molecule has 3 heterocycles. The van der Waals surface area contributed by atoms with Gasteiger partial charge in [0.2, 0.25) is 11.7 Å². The second kappa shape index (κ2) is 6.80. The number of piperidine rings is 1. The zero-order valence-electron chi connectivity index (χ0n) is 12.5. The van der Waals surface area contributed by atoms with Crippen LogP contribution in [0.5, 0.6) is 0 Å². The van der Waals surface area contributed by atoms with E-state index in [-0.39, 0.29) is 0 Å². The number of rotatable bonds is 5. The van der Waals surface area contributed by atoms with Crippen LogP contribution in [0.25, 0.3) is 11.5 Å². The van der Waals surface area contributed by atoms with Crippen LogP contribution in [0.15, 0.2) is 22.9 Å². The Kier molecular flexibility index (Phi) is 4.60. The summed E-state index contributed by atoms with van der Waals surface area (Å²) in [6.07, 6.45) is 7.23. The molecule has 0 bridgehead atoms. The first-order valence-electron chi connectivity index (χ1n) is 7.84. The Morgan fingerprint density at radius 1 is 1.43 bits per heavy atom. The van der Waals surface area contributed by atoms with E-state index in [4.69, 9.17) is 4.52 Å². The van der Waals surface area contributed by atoms with Crippen LogP contribution in [0.3, 0.4) is 0 Å². The van der Waals surface area contributed by atoms with Gasteiger partial charge in [-0.2, -0.15) is 4.98 Å². The first-order valence-corrected chi connectivity index (χ1v) is 7.84. The average molecular weight is 286 g/mol. The summed E-state index contributed by atoms with van der Waals surface area (Å²) in [5.41, 5.74) is 2.00. The maximum Gasteiger partial charge on any atom is 0.227 e. The van der Waals surface area contributed by atoms with Gasteiger partial charge in [0.1, 0.15) is 5.69 Å². The molecule has 2 aromatic heterocycles. The fourth-order valence-electron chi connectivity index (χ4n) is 2.88. The predicted molar refractivity (Wildman–Crippen MR) is 80.8 cm³/mol. The molecule has 1 unspecified atom stereocenters. The summed E-state index contributed by atoms with van der Waals surface area (Å²) in [4.78, 5) is 8.90. The molecule has 0 radical (unpaired) electrons. The van der Waals surface area contributed by atoms with Crippen molar-refractivity contribution >= 4 is 0 Å². The van der Waals surface area contributed by atoms with Crippen LogP contribution in [0.4, 0.5) is 0 Å². The second-order valence-electron chi connectivity index (χ2n) is 5.63. The topological polar surface area (TPSA) is 63.8 Å². The van der Waals surface area contributed by atoms with Gasteiger partial charge >= 0.3 is 0 Å². The molecule has 112 valence electrons. The summed E-state index contributed by atoms with van der Waals surface area (Å²) >= 11 is 0. The van der Waals surface area contributed by atoms with E-state index in [0.29, 0.717) is 5.82 Å². The number of nitrogens with one attached hydrogen (secondary N) is 1. The third kappa shape index (κ3) is 3.47. The molecule has 21 heavy (non-hydrogen) atoms. The highest BCUT2D eigenvalue weighted by Gasteiger charge is 2.16. The number of hydrogen-bond donors (Lipinski definition) is 1. The van der Waals surface area contributed by atoms with Gasteiger partial charge in [-0.25, -0.2) is 0 Å². The lowest BCUT2D eigenvalue weighted by Gasteiger charge is -2.21. The van der Waals surface area contributed by atoms with Crippen LogP contribution >= 0.6 is 0 Å². The summed E-state index contributed by atoms with van der Waals surface area (Å²) in [6.45, 7) is 4.37. The quantitative estimate of drug-likeness (QED) is 0.915. The lowest BCUT2D eigenvalue weighted by Crippen LogP contribution is -2.29. The van der Waals surface area contributed by atoms with Gasteiger partial charge in [0.05, 0.1) is 0 Å². The van der Waals surface area contributed by atoms with Crippen molar-refractivity contribution < 1.29 is 4.52 Å². The van der Waals surface area contributed by atoms with E-state index in [1.807, 2.05) is 6.07 Å². The summed E-state index contributed by atoms with van der Waals surface area (Å²) in [6, 6.07) is 4.01. The van der Waals surface area contributed by atoms with Gasteiger partial charge in [0.25, 0.3) is 0 Å². The Bertz CT molecular complexity index is 575. The predicted octanol–water partition coefficient (Wildman–Crippen LogP) is 2.63. The Hall–Kier alpha value is -1.75. The molecule has 1 N–H and O–H groups in total. The van der Waals surface area contributed by atoms with Crippen molar-refractivity contribution in [3.63, 3.8) is 0 Å². The van der Waals surface area contributed by atoms with E-state index in [1.165, 1.54) is 12.8 Å². The molecule has 1 aliphatic rings. The number of aryl methyl sites for hydroxylation is 2. The fraction of sp³-hybridized carbons (Fsp3) is 0.562. The molecule has 3 rings (SSSR count). The minimum absolute atomic E-state index is 0.615. The van der Waals surface area contributed by atoms with Crippen LogP contribution < -0.4 is 5.32 Å². The maximum atomic E-state index is 5.39. The SMILES string of the molecule is CCc1cccnc1-c1noc(CCC2CCCNC2)n1. The first-order chi connectivity index (χ1) is 10.4. The Morgan fingerprint density at radius 2 is 2.38 bits per heavy atom. The van der Waals surface area contributed by atoms with Crippen molar-refractivity contribution in [1.29, 1.82) is 0 Å². The molecule has 5 nitrogen and oxygen atoms in total. The summed E-state index contributed by atoms with van der Waals surface area (Å²) in [5, 5.41) is 7.54. The Morgan fingerprint density at radius 3 is 3.19 bits per heavy atom. The van der Waals surface area contributed by atoms with E-state index >= 15 is 0 Å². The van der Waals surface area contributed by atoms with Gasteiger partial charge in [-0.05, 0) is 56.3 Å². The van der Waals surface area contributed by atoms with Gasteiger partial charge in [0.15, 0.2) is 0 Å². The third-order valence-corrected chi connectivity index (χ3v) is 4.12. The smallest absolute Gasteiger partial charge is 0.227 e. The number of pyridine rings is 1. The molecule has 1 fully saturated rings. The maximum absolute atomic E-state index is 5.39. The molecule has 1 aliphatic heterocycles. The van der Waals surface area contributed by atoms with Gasteiger partial charge in [0, 0.05) is 12.6 Å². The van der Waals surface area contributed by atoms with E-state index < -0.39 is 0 Å². The van der Waals surface area contributed by atoms with Crippen LogP contribution in [0, 0.1) is 5.92 Å². The van der Waals surface area contributed by atoms with E-state index in [9.17, 15) is 0 Å². The standard InChI is InChI=1S/C16H22N4O/c1-2-13-6-4-10-18-15(13)16-19-14(21-20-16)8-7-12-5-3-9-17-11-12/h4,6,10,12,17H,2-3,5,7-9,11H2,1H3. The van der Waals surface area contributed by atoms with Crippen LogP contribution in [-0.2, 0) is 12.8 Å². The normalized spacial score (nSPS) is 18.8. The molecule has 0 aliphatic carbocycles. The molecule has 0 amide bonds. The Balaban J connectivity index is 1.65.